The molecule has 0 heterocycles. The van der Waals surface area contributed by atoms with Crippen molar-refractivity contribution in [2.45, 2.75) is 25.9 Å². The van der Waals surface area contributed by atoms with E-state index in [0.717, 1.165) is 12.8 Å². The predicted octanol–water partition coefficient (Wildman–Crippen LogP) is 3.07. The van der Waals surface area contributed by atoms with Gasteiger partial charge in [0.25, 0.3) is 0 Å². The number of benzene rings is 1. The number of hydrogen-bond acceptors (Lipinski definition) is 5. The number of esters is 1. The minimum absolute atomic E-state index is 0.0558. The van der Waals surface area contributed by atoms with E-state index >= 15 is 0 Å². The molecule has 1 aliphatic rings. The Balaban J connectivity index is 2.38. The van der Waals surface area contributed by atoms with Crippen LogP contribution < -0.4 is 4.74 Å². The summed E-state index contributed by atoms with van der Waals surface area (Å²) in [4.78, 5) is 26.6. The van der Waals surface area contributed by atoms with Crippen LogP contribution in [0.1, 0.15) is 30.1 Å². The van der Waals surface area contributed by atoms with E-state index in [1.807, 2.05) is 0 Å². The first kappa shape index (κ1) is 17.3. The fraction of sp³-hybridized carbons (Fsp3) is 0.412. The van der Waals surface area contributed by atoms with E-state index in [2.05, 4.69) is 0 Å². The zero-order valence-electron chi connectivity index (χ0n) is 13.5. The molecule has 5 nitrogen and oxygen atoms in total. The van der Waals surface area contributed by atoms with Crippen molar-refractivity contribution >= 4 is 23.4 Å². The molecule has 124 valence electrons. The average Bonchev–Trinajstić information content (AvgIpc) is 3.30. The molecule has 0 spiro atoms. The number of ketones is 1. The van der Waals surface area contributed by atoms with Gasteiger partial charge in [-0.1, -0.05) is 11.6 Å². The second-order valence-corrected chi connectivity index (χ2v) is 5.95. The summed E-state index contributed by atoms with van der Waals surface area (Å²) >= 11 is 6.01. The lowest BCUT2D eigenvalue weighted by molar-refractivity contribution is -0.138. The molecule has 23 heavy (non-hydrogen) atoms. The van der Waals surface area contributed by atoms with E-state index in [4.69, 9.17) is 21.1 Å². The number of ether oxygens (including phenoxy) is 2. The minimum Gasteiger partial charge on any atom is -0.490 e. The van der Waals surface area contributed by atoms with Gasteiger partial charge in [0.1, 0.15) is 11.3 Å². The molecule has 0 aromatic heterocycles. The van der Waals surface area contributed by atoms with Crippen LogP contribution in [0.15, 0.2) is 30.0 Å². The molecule has 1 aliphatic carbocycles. The Morgan fingerprint density at radius 2 is 2.04 bits per heavy atom. The fourth-order valence-corrected chi connectivity index (χ4v) is 2.14. The topological polar surface area (TPSA) is 55.8 Å². The normalized spacial score (nSPS) is 14.3. The Morgan fingerprint density at radius 3 is 2.61 bits per heavy atom. The van der Waals surface area contributed by atoms with Gasteiger partial charge in [-0.05, 0) is 38.0 Å². The SMILES string of the molecule is CCOC(=O)/C(=C\N(C)C)C(=O)c1cc(Cl)ccc1OC1CC1. The lowest BCUT2D eigenvalue weighted by Crippen LogP contribution is -2.20. The van der Waals surface area contributed by atoms with Crippen molar-refractivity contribution in [2.24, 2.45) is 0 Å². The molecule has 0 aliphatic heterocycles. The molecule has 6 heteroatoms. The molecule has 0 atom stereocenters. The van der Waals surface area contributed by atoms with Crippen LogP contribution >= 0.6 is 11.6 Å². The number of nitrogens with zero attached hydrogens (tertiary/aromatic N) is 1. The molecule has 1 aromatic rings. The lowest BCUT2D eigenvalue weighted by Gasteiger charge is -2.14. The summed E-state index contributed by atoms with van der Waals surface area (Å²) in [5.41, 5.74) is 0.213. The quantitative estimate of drug-likeness (QED) is 0.252. The van der Waals surface area contributed by atoms with Crippen molar-refractivity contribution in [3.05, 3.63) is 40.6 Å². The maximum atomic E-state index is 12.8. The van der Waals surface area contributed by atoms with Gasteiger partial charge >= 0.3 is 5.97 Å². The van der Waals surface area contributed by atoms with Gasteiger partial charge in [-0.2, -0.15) is 0 Å². The molecular formula is C17H20ClNO4. The maximum Gasteiger partial charge on any atom is 0.343 e. The van der Waals surface area contributed by atoms with Crippen molar-refractivity contribution in [1.29, 1.82) is 0 Å². The number of carbonyl (C=O) groups is 2. The first-order chi connectivity index (χ1) is 10.9. The van der Waals surface area contributed by atoms with Crippen molar-refractivity contribution in [3.8, 4) is 5.75 Å². The molecular weight excluding hydrogens is 318 g/mol. The van der Waals surface area contributed by atoms with Crippen molar-refractivity contribution in [1.82, 2.24) is 4.90 Å². The Hall–Kier alpha value is -2.01. The van der Waals surface area contributed by atoms with Crippen LogP contribution in [-0.2, 0) is 9.53 Å². The van der Waals surface area contributed by atoms with Gasteiger partial charge in [-0.15, -0.1) is 0 Å². The summed E-state index contributed by atoms with van der Waals surface area (Å²) in [7, 11) is 3.46. The number of halogens is 1. The Bertz CT molecular complexity index is 635. The van der Waals surface area contributed by atoms with Gasteiger partial charge in [-0.25, -0.2) is 4.79 Å². The van der Waals surface area contributed by atoms with Crippen molar-refractivity contribution < 1.29 is 19.1 Å². The first-order valence-electron chi connectivity index (χ1n) is 7.48. The van der Waals surface area contributed by atoms with E-state index < -0.39 is 11.8 Å². The molecule has 0 N–H and O–H groups in total. The van der Waals surface area contributed by atoms with Gasteiger partial charge < -0.3 is 14.4 Å². The number of rotatable bonds is 7. The fourth-order valence-electron chi connectivity index (χ4n) is 1.96. The van der Waals surface area contributed by atoms with Crippen LogP contribution in [0, 0.1) is 0 Å². The molecule has 1 fully saturated rings. The number of carbonyl (C=O) groups excluding carboxylic acids is 2. The Morgan fingerprint density at radius 1 is 1.35 bits per heavy atom. The molecule has 1 saturated carbocycles. The van der Waals surface area contributed by atoms with Gasteiger partial charge in [0.05, 0.1) is 18.3 Å². The third-order valence-corrected chi connectivity index (χ3v) is 3.37. The minimum atomic E-state index is -0.663. The zero-order valence-corrected chi connectivity index (χ0v) is 14.2. The summed E-state index contributed by atoms with van der Waals surface area (Å²) < 4.78 is 10.7. The first-order valence-corrected chi connectivity index (χ1v) is 7.86. The van der Waals surface area contributed by atoms with Crippen molar-refractivity contribution in [3.63, 3.8) is 0 Å². The largest absolute Gasteiger partial charge is 0.490 e. The smallest absolute Gasteiger partial charge is 0.343 e. The molecule has 0 saturated heterocycles. The highest BCUT2D eigenvalue weighted by atomic mass is 35.5. The van der Waals surface area contributed by atoms with Crippen LogP contribution in [0.5, 0.6) is 5.75 Å². The molecule has 2 rings (SSSR count). The summed E-state index contributed by atoms with van der Waals surface area (Å²) in [6.07, 6.45) is 3.51. The molecule has 0 bridgehead atoms. The molecule has 0 unspecified atom stereocenters. The van der Waals surface area contributed by atoms with E-state index in [9.17, 15) is 9.59 Å². The number of Topliss-reactive ketones (excluding diaryl/α,β-unsaturated/α-hetero) is 1. The van der Waals surface area contributed by atoms with Crippen LogP contribution in [-0.4, -0.2) is 43.5 Å². The molecule has 0 amide bonds. The van der Waals surface area contributed by atoms with E-state index in [-0.39, 0.29) is 23.8 Å². The monoisotopic (exact) mass is 337 g/mol. The van der Waals surface area contributed by atoms with Crippen LogP contribution in [0.3, 0.4) is 0 Å². The van der Waals surface area contributed by atoms with Gasteiger partial charge in [0, 0.05) is 25.3 Å². The summed E-state index contributed by atoms with van der Waals surface area (Å²) in [5.74, 6) is -0.685. The number of hydrogen-bond donors (Lipinski definition) is 0. The van der Waals surface area contributed by atoms with Crippen LogP contribution in [0.25, 0.3) is 0 Å². The van der Waals surface area contributed by atoms with Crippen LogP contribution in [0.2, 0.25) is 5.02 Å². The highest BCUT2D eigenvalue weighted by Gasteiger charge is 2.29. The Labute approximate surface area is 140 Å². The molecule has 1 aromatic carbocycles. The van der Waals surface area contributed by atoms with Gasteiger partial charge in [0.2, 0.25) is 5.78 Å². The Kier molecular flexibility index (Phi) is 5.66. The summed E-state index contributed by atoms with van der Waals surface area (Å²) in [6.45, 7) is 1.88. The predicted molar refractivity (Wildman–Crippen MR) is 87.8 cm³/mol. The highest BCUT2D eigenvalue weighted by Crippen LogP contribution is 2.32. The van der Waals surface area contributed by atoms with Gasteiger partial charge in [0.15, 0.2) is 0 Å². The molecule has 0 radical (unpaired) electrons. The zero-order chi connectivity index (χ0) is 17.0. The third kappa shape index (κ3) is 4.73. The second kappa shape index (κ2) is 7.51. The lowest BCUT2D eigenvalue weighted by atomic mass is 10.0. The maximum absolute atomic E-state index is 12.8. The van der Waals surface area contributed by atoms with E-state index in [0.29, 0.717) is 10.8 Å². The average molecular weight is 338 g/mol. The van der Waals surface area contributed by atoms with E-state index in [1.54, 1.807) is 38.1 Å². The van der Waals surface area contributed by atoms with E-state index in [1.165, 1.54) is 12.3 Å². The standard InChI is InChI=1S/C17H20ClNO4/c1-4-22-17(21)14(10-19(2)3)16(20)13-9-11(18)5-8-15(13)23-12-6-7-12/h5,8-10,12H,4,6-7H2,1-3H3/b14-10-. The third-order valence-electron chi connectivity index (χ3n) is 3.13. The van der Waals surface area contributed by atoms with Gasteiger partial charge in [-0.3, -0.25) is 4.79 Å². The van der Waals surface area contributed by atoms with Crippen LogP contribution in [0.4, 0.5) is 0 Å². The summed E-state index contributed by atoms with van der Waals surface area (Å²) in [5, 5.41) is 0.407. The van der Waals surface area contributed by atoms with Crippen molar-refractivity contribution in [2.75, 3.05) is 20.7 Å². The summed E-state index contributed by atoms with van der Waals surface area (Å²) in [6, 6.07) is 4.84. The second-order valence-electron chi connectivity index (χ2n) is 5.51. The highest BCUT2D eigenvalue weighted by molar-refractivity contribution is 6.32.